The first-order valence-electron chi connectivity index (χ1n) is 7.31. The summed E-state index contributed by atoms with van der Waals surface area (Å²) < 4.78 is 2.31. The van der Waals surface area contributed by atoms with Gasteiger partial charge < -0.3 is 9.47 Å². The van der Waals surface area contributed by atoms with Crippen molar-refractivity contribution >= 4 is 45.8 Å². The van der Waals surface area contributed by atoms with Gasteiger partial charge in [0, 0.05) is 6.54 Å². The van der Waals surface area contributed by atoms with Crippen molar-refractivity contribution in [1.29, 1.82) is 0 Å². The normalized spacial score (nSPS) is 28.4. The summed E-state index contributed by atoms with van der Waals surface area (Å²) in [7, 11) is 0. The zero-order chi connectivity index (χ0) is 14.6. The maximum atomic E-state index is 6.21. The third kappa shape index (κ3) is 2.26. The van der Waals surface area contributed by atoms with Crippen molar-refractivity contribution in [2.24, 2.45) is 5.92 Å². The number of fused-ring (bicyclic) bond motifs is 4. The van der Waals surface area contributed by atoms with Crippen LogP contribution in [0.4, 0.5) is 0 Å². The van der Waals surface area contributed by atoms with Gasteiger partial charge in [-0.2, -0.15) is 0 Å². The smallest absolute Gasteiger partial charge is 0.125 e. The highest BCUT2D eigenvalue weighted by molar-refractivity contribution is 6.42. The van der Waals surface area contributed by atoms with Crippen molar-refractivity contribution in [2.75, 3.05) is 19.6 Å². The molecule has 3 aliphatic rings. The fourth-order valence-corrected chi connectivity index (χ4v) is 4.34. The maximum absolute atomic E-state index is 6.21. The molecule has 5 rings (SSSR count). The number of hydrogen-bond acceptors (Lipinski definition) is 2. The Morgan fingerprint density at radius 2 is 1.86 bits per heavy atom. The van der Waals surface area contributed by atoms with Crippen molar-refractivity contribution in [2.45, 2.75) is 24.8 Å². The van der Waals surface area contributed by atoms with Gasteiger partial charge in [-0.05, 0) is 44.0 Å². The van der Waals surface area contributed by atoms with Gasteiger partial charge in [-0.15, -0.1) is 11.6 Å². The number of piperidine rings is 3. The molecule has 0 spiro atoms. The van der Waals surface area contributed by atoms with E-state index in [1.54, 1.807) is 0 Å². The van der Waals surface area contributed by atoms with Gasteiger partial charge >= 0.3 is 0 Å². The van der Waals surface area contributed by atoms with Crippen LogP contribution in [0.15, 0.2) is 12.1 Å². The van der Waals surface area contributed by atoms with E-state index in [0.29, 0.717) is 27.9 Å². The summed E-state index contributed by atoms with van der Waals surface area (Å²) in [6.45, 7) is 3.52. The zero-order valence-corrected chi connectivity index (χ0v) is 13.8. The molecule has 1 aromatic carbocycles. The van der Waals surface area contributed by atoms with Gasteiger partial charge in [-0.3, -0.25) is 0 Å². The Morgan fingerprint density at radius 3 is 2.48 bits per heavy atom. The van der Waals surface area contributed by atoms with Crippen LogP contribution in [0, 0.1) is 5.92 Å². The molecule has 0 aliphatic carbocycles. The van der Waals surface area contributed by atoms with Crippen LogP contribution in [-0.4, -0.2) is 34.1 Å². The maximum Gasteiger partial charge on any atom is 0.125 e. The molecule has 21 heavy (non-hydrogen) atoms. The largest absolute Gasteiger partial charge is 0.322 e. The molecule has 0 amide bonds. The first kappa shape index (κ1) is 14.1. The van der Waals surface area contributed by atoms with Gasteiger partial charge in [0.15, 0.2) is 0 Å². The SMILES string of the molecule is ClCc1nc2cc(Cl)c(Cl)cc2n1C1CN2CCC1CC2. The van der Waals surface area contributed by atoms with Crippen molar-refractivity contribution in [1.82, 2.24) is 14.5 Å². The average Bonchev–Trinajstić information content (AvgIpc) is 2.86. The first-order chi connectivity index (χ1) is 10.2. The molecule has 112 valence electrons. The Balaban J connectivity index is 1.88. The lowest BCUT2D eigenvalue weighted by molar-refractivity contribution is 0.0578. The minimum atomic E-state index is 0.410. The van der Waals surface area contributed by atoms with Gasteiger partial charge in [0.1, 0.15) is 5.82 Å². The highest BCUT2D eigenvalue weighted by Gasteiger charge is 2.36. The number of imidazole rings is 1. The van der Waals surface area contributed by atoms with Crippen LogP contribution in [0.3, 0.4) is 0 Å². The van der Waals surface area contributed by atoms with Crippen LogP contribution in [0.25, 0.3) is 11.0 Å². The Hall–Kier alpha value is -0.480. The molecule has 3 saturated heterocycles. The van der Waals surface area contributed by atoms with Crippen LogP contribution in [-0.2, 0) is 5.88 Å². The fourth-order valence-electron chi connectivity index (χ4n) is 3.83. The lowest BCUT2D eigenvalue weighted by atomic mass is 9.83. The van der Waals surface area contributed by atoms with Crippen LogP contribution >= 0.6 is 34.8 Å². The summed E-state index contributed by atoms with van der Waals surface area (Å²) >= 11 is 18.5. The minimum absolute atomic E-state index is 0.410. The van der Waals surface area contributed by atoms with E-state index < -0.39 is 0 Å². The zero-order valence-electron chi connectivity index (χ0n) is 11.5. The summed E-state index contributed by atoms with van der Waals surface area (Å²) in [6, 6.07) is 4.22. The standard InChI is InChI=1S/C15H16Cl3N3/c16-7-15-19-12-5-10(17)11(18)6-13(12)21(15)14-8-20-3-1-9(14)2-4-20/h5-6,9,14H,1-4,7-8H2. The highest BCUT2D eigenvalue weighted by Crippen LogP contribution is 2.39. The molecule has 1 aromatic heterocycles. The topological polar surface area (TPSA) is 21.1 Å². The van der Waals surface area contributed by atoms with E-state index in [9.17, 15) is 0 Å². The van der Waals surface area contributed by atoms with Crippen LogP contribution in [0.1, 0.15) is 24.7 Å². The van der Waals surface area contributed by atoms with E-state index in [4.69, 9.17) is 34.8 Å². The second-order valence-electron chi connectivity index (χ2n) is 5.99. The Bertz CT molecular complexity index is 689. The quantitative estimate of drug-likeness (QED) is 0.755. The van der Waals surface area contributed by atoms with E-state index in [-0.39, 0.29) is 0 Å². The summed E-state index contributed by atoms with van der Waals surface area (Å²) in [5.74, 6) is 2.04. The summed E-state index contributed by atoms with van der Waals surface area (Å²) in [6.07, 6.45) is 2.51. The molecule has 2 bridgehead atoms. The lowest BCUT2D eigenvalue weighted by Crippen LogP contribution is -2.48. The van der Waals surface area contributed by atoms with Crippen LogP contribution in [0.5, 0.6) is 0 Å². The Kier molecular flexibility index (Phi) is 3.57. The molecule has 0 saturated carbocycles. The second kappa shape index (κ2) is 5.31. The van der Waals surface area contributed by atoms with Crippen molar-refractivity contribution in [3.05, 3.63) is 28.0 Å². The summed E-state index contributed by atoms with van der Waals surface area (Å²) in [4.78, 5) is 7.20. The monoisotopic (exact) mass is 343 g/mol. The van der Waals surface area contributed by atoms with Gasteiger partial charge in [0.05, 0.1) is 33.0 Å². The highest BCUT2D eigenvalue weighted by atomic mass is 35.5. The number of hydrogen-bond donors (Lipinski definition) is 0. The molecule has 2 aromatic rings. The molecule has 3 nitrogen and oxygen atoms in total. The third-order valence-electron chi connectivity index (χ3n) is 4.88. The van der Waals surface area contributed by atoms with Crippen molar-refractivity contribution in [3.63, 3.8) is 0 Å². The number of aromatic nitrogens is 2. The first-order valence-corrected chi connectivity index (χ1v) is 8.60. The fraction of sp³-hybridized carbons (Fsp3) is 0.533. The van der Waals surface area contributed by atoms with Crippen LogP contribution < -0.4 is 0 Å². The predicted molar refractivity (Wildman–Crippen MR) is 87.5 cm³/mol. The summed E-state index contributed by atoms with van der Waals surface area (Å²) in [5.41, 5.74) is 1.94. The van der Waals surface area contributed by atoms with E-state index in [1.807, 2.05) is 12.1 Å². The summed E-state index contributed by atoms with van der Waals surface area (Å²) in [5, 5.41) is 1.12. The number of rotatable bonds is 2. The minimum Gasteiger partial charge on any atom is -0.322 e. The van der Waals surface area contributed by atoms with Crippen molar-refractivity contribution < 1.29 is 0 Å². The average molecular weight is 345 g/mol. The van der Waals surface area contributed by atoms with Gasteiger partial charge in [-0.25, -0.2) is 4.98 Å². The van der Waals surface area contributed by atoms with E-state index in [2.05, 4.69) is 14.5 Å². The van der Waals surface area contributed by atoms with Gasteiger partial charge in [-0.1, -0.05) is 23.2 Å². The molecule has 6 heteroatoms. The van der Waals surface area contributed by atoms with Crippen LogP contribution in [0.2, 0.25) is 10.0 Å². The molecular weight excluding hydrogens is 329 g/mol. The third-order valence-corrected chi connectivity index (χ3v) is 5.84. The van der Waals surface area contributed by atoms with E-state index in [1.165, 1.54) is 25.9 Å². The second-order valence-corrected chi connectivity index (χ2v) is 7.07. The van der Waals surface area contributed by atoms with Gasteiger partial charge in [0.2, 0.25) is 0 Å². The van der Waals surface area contributed by atoms with E-state index >= 15 is 0 Å². The van der Waals surface area contributed by atoms with Gasteiger partial charge in [0.25, 0.3) is 0 Å². The molecular formula is C15H16Cl3N3. The number of benzene rings is 1. The molecule has 0 radical (unpaired) electrons. The Labute approximate surface area is 138 Å². The number of nitrogens with zero attached hydrogens (tertiary/aromatic N) is 3. The van der Waals surface area contributed by atoms with E-state index in [0.717, 1.165) is 23.4 Å². The molecule has 4 heterocycles. The molecule has 1 atom stereocenters. The number of alkyl halides is 1. The molecule has 3 aliphatic heterocycles. The number of halogens is 3. The Morgan fingerprint density at radius 1 is 1.14 bits per heavy atom. The predicted octanol–water partition coefficient (Wildman–Crippen LogP) is 4.35. The molecule has 1 unspecified atom stereocenters. The molecule has 0 N–H and O–H groups in total. The van der Waals surface area contributed by atoms with Crippen molar-refractivity contribution in [3.8, 4) is 0 Å². The molecule has 3 fully saturated rings. The lowest BCUT2D eigenvalue weighted by Gasteiger charge is -2.45.